The highest BCUT2D eigenvalue weighted by Gasteiger charge is 2.09. The highest BCUT2D eigenvalue weighted by molar-refractivity contribution is 7.08. The Kier molecular flexibility index (Phi) is 4.12. The molecule has 0 atom stereocenters. The highest BCUT2D eigenvalue weighted by Crippen LogP contribution is 2.14. The van der Waals surface area contributed by atoms with Gasteiger partial charge in [0.25, 0.3) is 5.91 Å². The molecule has 0 aliphatic carbocycles. The molecule has 0 aliphatic rings. The van der Waals surface area contributed by atoms with Gasteiger partial charge in [-0.1, -0.05) is 24.3 Å². The molecule has 3 N–H and O–H groups in total. The number of nitrogens with one attached hydrogen (secondary N) is 1. The van der Waals surface area contributed by atoms with Gasteiger partial charge < -0.3 is 11.1 Å². The first-order chi connectivity index (χ1) is 8.72. The molecule has 2 rings (SSSR count). The first-order valence-electron chi connectivity index (χ1n) is 5.80. The number of thiophene rings is 1. The lowest BCUT2D eigenvalue weighted by molar-refractivity contribution is 0.0950. The standard InChI is InChI=1S/C14H16N2OS/c1-10-8-18-9-13(10)14(17)16-7-12-5-3-2-4-11(12)6-15/h2-5,8-9H,6-7,15H2,1H3,(H,16,17). The maximum atomic E-state index is 12.0. The Hall–Kier alpha value is -1.65. The Labute approximate surface area is 111 Å². The number of amides is 1. The fourth-order valence-electron chi connectivity index (χ4n) is 1.79. The molecule has 1 amide bonds. The largest absolute Gasteiger partial charge is 0.348 e. The topological polar surface area (TPSA) is 55.1 Å². The van der Waals surface area contributed by atoms with Crippen LogP contribution in [0.4, 0.5) is 0 Å². The third-order valence-electron chi connectivity index (χ3n) is 2.88. The lowest BCUT2D eigenvalue weighted by Crippen LogP contribution is -2.23. The Morgan fingerprint density at radius 3 is 2.61 bits per heavy atom. The third kappa shape index (κ3) is 2.78. The van der Waals surface area contributed by atoms with E-state index in [4.69, 9.17) is 5.73 Å². The summed E-state index contributed by atoms with van der Waals surface area (Å²) in [7, 11) is 0. The summed E-state index contributed by atoms with van der Waals surface area (Å²) in [6, 6.07) is 7.88. The molecule has 1 aromatic carbocycles. The molecule has 1 heterocycles. The van der Waals surface area contributed by atoms with Crippen LogP contribution >= 0.6 is 11.3 Å². The molecule has 0 unspecified atom stereocenters. The smallest absolute Gasteiger partial charge is 0.252 e. The number of benzene rings is 1. The third-order valence-corrected chi connectivity index (χ3v) is 3.74. The van der Waals surface area contributed by atoms with Gasteiger partial charge in [-0.15, -0.1) is 0 Å². The lowest BCUT2D eigenvalue weighted by Gasteiger charge is -2.09. The van der Waals surface area contributed by atoms with E-state index in [1.165, 1.54) is 0 Å². The van der Waals surface area contributed by atoms with Gasteiger partial charge in [-0.2, -0.15) is 11.3 Å². The predicted octanol–water partition coefficient (Wildman–Crippen LogP) is 2.45. The fourth-order valence-corrected chi connectivity index (χ4v) is 2.62. The zero-order valence-corrected chi connectivity index (χ0v) is 11.1. The van der Waals surface area contributed by atoms with Gasteiger partial charge in [0.15, 0.2) is 0 Å². The molecule has 0 saturated heterocycles. The molecule has 4 heteroatoms. The van der Waals surface area contributed by atoms with Crippen LogP contribution in [-0.4, -0.2) is 5.91 Å². The Bertz CT molecular complexity index is 548. The van der Waals surface area contributed by atoms with Gasteiger partial charge in [0.05, 0.1) is 5.56 Å². The summed E-state index contributed by atoms with van der Waals surface area (Å²) in [5, 5.41) is 6.78. The monoisotopic (exact) mass is 260 g/mol. The molecule has 18 heavy (non-hydrogen) atoms. The first-order valence-corrected chi connectivity index (χ1v) is 6.74. The van der Waals surface area contributed by atoms with E-state index < -0.39 is 0 Å². The van der Waals surface area contributed by atoms with Gasteiger partial charge in [0.2, 0.25) is 0 Å². The Morgan fingerprint density at radius 1 is 1.28 bits per heavy atom. The van der Waals surface area contributed by atoms with Crippen molar-refractivity contribution in [3.05, 3.63) is 57.3 Å². The van der Waals surface area contributed by atoms with Crippen molar-refractivity contribution < 1.29 is 4.79 Å². The molecule has 0 radical (unpaired) electrons. The minimum atomic E-state index is -0.0272. The van der Waals surface area contributed by atoms with Crippen molar-refractivity contribution in [2.75, 3.05) is 0 Å². The maximum Gasteiger partial charge on any atom is 0.252 e. The molecule has 0 saturated carbocycles. The van der Waals surface area contributed by atoms with Crippen LogP contribution in [0, 0.1) is 6.92 Å². The van der Waals surface area contributed by atoms with Crippen LogP contribution in [0.25, 0.3) is 0 Å². The quantitative estimate of drug-likeness (QED) is 0.887. The number of rotatable bonds is 4. The van der Waals surface area contributed by atoms with Crippen molar-refractivity contribution >= 4 is 17.2 Å². The first kappa shape index (κ1) is 12.8. The molecule has 0 aliphatic heterocycles. The average Bonchev–Trinajstić information content (AvgIpc) is 2.82. The van der Waals surface area contributed by atoms with E-state index in [0.29, 0.717) is 13.1 Å². The van der Waals surface area contributed by atoms with Crippen LogP contribution in [0.2, 0.25) is 0 Å². The molecule has 3 nitrogen and oxygen atoms in total. The summed E-state index contributed by atoms with van der Waals surface area (Å²) in [5.74, 6) is -0.0272. The van der Waals surface area contributed by atoms with Crippen molar-refractivity contribution in [2.24, 2.45) is 5.73 Å². The van der Waals surface area contributed by atoms with Crippen LogP contribution < -0.4 is 11.1 Å². The molecule has 0 bridgehead atoms. The van der Waals surface area contributed by atoms with E-state index in [0.717, 1.165) is 22.3 Å². The summed E-state index contributed by atoms with van der Waals surface area (Å²) in [5.41, 5.74) is 9.58. The molecular weight excluding hydrogens is 244 g/mol. The molecule has 0 fully saturated rings. The zero-order valence-electron chi connectivity index (χ0n) is 10.3. The van der Waals surface area contributed by atoms with Crippen LogP contribution in [0.15, 0.2) is 35.0 Å². The second kappa shape index (κ2) is 5.80. The van der Waals surface area contributed by atoms with Crippen molar-refractivity contribution in [1.82, 2.24) is 5.32 Å². The normalized spacial score (nSPS) is 10.3. The molecule has 2 aromatic rings. The summed E-state index contributed by atoms with van der Waals surface area (Å²) in [6.45, 7) is 2.95. The predicted molar refractivity (Wildman–Crippen MR) is 74.6 cm³/mol. The van der Waals surface area contributed by atoms with E-state index in [9.17, 15) is 4.79 Å². The molecule has 1 aromatic heterocycles. The summed E-state index contributed by atoms with van der Waals surface area (Å²) in [4.78, 5) is 12.0. The molecule has 0 spiro atoms. The van der Waals surface area contributed by atoms with Crippen LogP contribution in [-0.2, 0) is 13.1 Å². The average molecular weight is 260 g/mol. The van der Waals surface area contributed by atoms with Gasteiger partial charge in [-0.25, -0.2) is 0 Å². The number of hydrogen-bond donors (Lipinski definition) is 2. The summed E-state index contributed by atoms with van der Waals surface area (Å²) in [6.07, 6.45) is 0. The SMILES string of the molecule is Cc1cscc1C(=O)NCc1ccccc1CN. The Balaban J connectivity index is 2.04. The number of carbonyl (C=O) groups is 1. The summed E-state index contributed by atoms with van der Waals surface area (Å²) >= 11 is 1.54. The van der Waals surface area contributed by atoms with Gasteiger partial charge in [0.1, 0.15) is 0 Å². The second-order valence-electron chi connectivity index (χ2n) is 4.12. The minimum Gasteiger partial charge on any atom is -0.348 e. The van der Waals surface area contributed by atoms with Gasteiger partial charge >= 0.3 is 0 Å². The fraction of sp³-hybridized carbons (Fsp3) is 0.214. The van der Waals surface area contributed by atoms with Gasteiger partial charge in [-0.05, 0) is 29.0 Å². The van der Waals surface area contributed by atoms with Gasteiger partial charge in [0, 0.05) is 18.5 Å². The van der Waals surface area contributed by atoms with Crippen molar-refractivity contribution in [3.8, 4) is 0 Å². The van der Waals surface area contributed by atoms with E-state index in [1.54, 1.807) is 11.3 Å². The van der Waals surface area contributed by atoms with Crippen molar-refractivity contribution in [3.63, 3.8) is 0 Å². The van der Waals surface area contributed by atoms with Crippen molar-refractivity contribution in [1.29, 1.82) is 0 Å². The summed E-state index contributed by atoms with van der Waals surface area (Å²) < 4.78 is 0. The van der Waals surface area contributed by atoms with E-state index in [2.05, 4.69) is 5.32 Å². The van der Waals surface area contributed by atoms with E-state index >= 15 is 0 Å². The number of aryl methyl sites for hydroxylation is 1. The Morgan fingerprint density at radius 2 is 2.00 bits per heavy atom. The number of hydrogen-bond acceptors (Lipinski definition) is 3. The van der Waals surface area contributed by atoms with E-state index in [-0.39, 0.29) is 5.91 Å². The lowest BCUT2D eigenvalue weighted by atomic mass is 10.1. The van der Waals surface area contributed by atoms with Gasteiger partial charge in [-0.3, -0.25) is 4.79 Å². The van der Waals surface area contributed by atoms with E-state index in [1.807, 2.05) is 41.9 Å². The number of carbonyl (C=O) groups excluding carboxylic acids is 1. The minimum absolute atomic E-state index is 0.0272. The molecule has 94 valence electrons. The number of nitrogens with two attached hydrogens (primary N) is 1. The zero-order chi connectivity index (χ0) is 13.0. The van der Waals surface area contributed by atoms with Crippen LogP contribution in [0.3, 0.4) is 0 Å². The van der Waals surface area contributed by atoms with Crippen LogP contribution in [0.5, 0.6) is 0 Å². The van der Waals surface area contributed by atoms with Crippen LogP contribution in [0.1, 0.15) is 27.0 Å². The molecular formula is C14H16N2OS. The highest BCUT2D eigenvalue weighted by atomic mass is 32.1. The maximum absolute atomic E-state index is 12.0. The second-order valence-corrected chi connectivity index (χ2v) is 4.87. The van der Waals surface area contributed by atoms with Crippen molar-refractivity contribution in [2.45, 2.75) is 20.0 Å².